The highest BCUT2D eigenvalue weighted by Crippen LogP contribution is 2.24. The molecule has 0 aliphatic carbocycles. The minimum Gasteiger partial charge on any atom is -0.337 e. The molecule has 1 fully saturated rings. The lowest BCUT2D eigenvalue weighted by molar-refractivity contribution is -0.117. The van der Waals surface area contributed by atoms with Crippen molar-refractivity contribution in [2.45, 2.75) is 19.4 Å². The number of carbonyl (C=O) groups is 2. The van der Waals surface area contributed by atoms with Crippen LogP contribution in [-0.2, 0) is 4.79 Å². The molecule has 0 bridgehead atoms. The number of alkyl halides is 2. The van der Waals surface area contributed by atoms with Crippen LogP contribution in [0.15, 0.2) is 56.6 Å². The van der Waals surface area contributed by atoms with Crippen LogP contribution in [0.2, 0.25) is 0 Å². The number of hydrogen-bond acceptors (Lipinski definition) is 5. The largest absolute Gasteiger partial charge is 0.337 e. The maximum absolute atomic E-state index is 13.5. The molecule has 0 spiro atoms. The zero-order valence-electron chi connectivity index (χ0n) is 19.0. The summed E-state index contributed by atoms with van der Waals surface area (Å²) in [5, 5.41) is 9.28. The first kappa shape index (κ1) is 27.0. The lowest BCUT2D eigenvalue weighted by atomic mass is 9.92. The van der Waals surface area contributed by atoms with Gasteiger partial charge in [-0.3, -0.25) is 9.78 Å². The van der Waals surface area contributed by atoms with Gasteiger partial charge in [-0.15, -0.1) is 0 Å². The number of anilines is 2. The number of hydrogen-bond donors (Lipinski definition) is 2. The first-order valence-electron chi connectivity index (χ1n) is 11.0. The molecular formula is C23H20BrF3IN7O2. The van der Waals surface area contributed by atoms with E-state index >= 15 is 0 Å². The van der Waals surface area contributed by atoms with Crippen LogP contribution in [0.5, 0.6) is 0 Å². The number of ketones is 1. The third-order valence-corrected chi connectivity index (χ3v) is 6.86. The number of piperidine rings is 1. The summed E-state index contributed by atoms with van der Waals surface area (Å²) < 4.78 is 43.7. The minimum absolute atomic E-state index is 0.160. The summed E-state index contributed by atoms with van der Waals surface area (Å²) in [5.41, 5.74) is 1.85. The number of nitrogens with zero attached hydrogens (tertiary/aromatic N) is 5. The van der Waals surface area contributed by atoms with Crippen LogP contribution >= 0.6 is 38.8 Å². The molecule has 1 aromatic carbocycles. The molecule has 2 amide bonds. The van der Waals surface area contributed by atoms with Gasteiger partial charge in [0.25, 0.3) is 0 Å². The van der Waals surface area contributed by atoms with Gasteiger partial charge in [0, 0.05) is 36.5 Å². The topological polar surface area (TPSA) is 105 Å². The smallest absolute Gasteiger partial charge is 0.333 e. The molecule has 1 aliphatic rings. The van der Waals surface area contributed by atoms with E-state index < -0.39 is 12.4 Å². The Hall–Kier alpha value is -3.01. The number of pyridine rings is 1. The molecular weight excluding hydrogens is 670 g/mol. The Morgan fingerprint density at radius 2 is 1.84 bits per heavy atom. The predicted octanol–water partition coefficient (Wildman–Crippen LogP) is 5.92. The number of carbonyl (C=O) groups excluding carboxylic acids is 2. The molecule has 2 N–H and O–H groups in total. The summed E-state index contributed by atoms with van der Waals surface area (Å²) in [7, 11) is 0. The molecule has 2 aromatic heterocycles. The van der Waals surface area contributed by atoms with Crippen LogP contribution < -0.4 is 10.6 Å². The monoisotopic (exact) mass is 689 g/mol. The third-order valence-electron chi connectivity index (χ3n) is 5.77. The summed E-state index contributed by atoms with van der Waals surface area (Å²) >= 11 is 4.86. The van der Waals surface area contributed by atoms with E-state index in [-0.39, 0.29) is 28.0 Å². The van der Waals surface area contributed by atoms with Crippen LogP contribution in [0.4, 0.5) is 29.3 Å². The van der Waals surface area contributed by atoms with Crippen molar-refractivity contribution in [3.05, 3.63) is 59.2 Å². The molecule has 0 unspecified atom stereocenters. The molecule has 4 rings (SSSR count). The number of Topliss-reactive ketones (excluding diaryl/α,β-unsaturated/α-hetero) is 1. The van der Waals surface area contributed by atoms with Crippen molar-refractivity contribution in [2.75, 3.05) is 23.7 Å². The summed E-state index contributed by atoms with van der Waals surface area (Å²) in [4.78, 5) is 31.5. The lowest BCUT2D eigenvalue weighted by Crippen LogP contribution is -2.44. The second kappa shape index (κ2) is 12.0. The highest BCUT2D eigenvalue weighted by molar-refractivity contribution is 14.1. The number of likely N-dealkylation sites (tertiary alicyclic amines) is 1. The quantitative estimate of drug-likeness (QED) is 0.190. The maximum atomic E-state index is 13.5. The van der Waals surface area contributed by atoms with Gasteiger partial charge in [-0.25, -0.2) is 13.9 Å². The molecule has 1 saturated heterocycles. The Balaban J connectivity index is 1.29. The summed E-state index contributed by atoms with van der Waals surface area (Å²) in [6, 6.07) is 7.21. The molecule has 14 heteroatoms. The fraction of sp³-hybridized carbons (Fsp3) is 0.261. The Bertz CT molecular complexity index is 1310. The highest BCUT2D eigenvalue weighted by Gasteiger charge is 2.30. The van der Waals surface area contributed by atoms with Gasteiger partial charge in [-0.1, -0.05) is 0 Å². The standard InChI is InChI=1S/C23H20BrF3IN7O2/c24-17-9-15(1-3-18(17)25)31-21(33-28)20(36)13-5-7-34(8-6-13)23(37)32-16-2-4-19(29-11-16)14-10-30-35(12-14)22(26)27/h1-4,9-13,22H,5-8H2,(H,31,33)(H,32,37). The van der Waals surface area contributed by atoms with Gasteiger partial charge < -0.3 is 15.5 Å². The van der Waals surface area contributed by atoms with Crippen molar-refractivity contribution in [3.8, 4) is 11.3 Å². The van der Waals surface area contributed by atoms with Gasteiger partial charge in [0.1, 0.15) is 5.82 Å². The predicted molar refractivity (Wildman–Crippen MR) is 144 cm³/mol. The maximum Gasteiger partial charge on any atom is 0.333 e. The molecule has 9 nitrogen and oxygen atoms in total. The first-order chi connectivity index (χ1) is 17.7. The number of nitrogens with one attached hydrogen (secondary N) is 2. The van der Waals surface area contributed by atoms with Gasteiger partial charge in [0.2, 0.25) is 5.78 Å². The summed E-state index contributed by atoms with van der Waals surface area (Å²) in [5.74, 6) is -0.745. The fourth-order valence-corrected chi connectivity index (χ4v) is 4.53. The molecule has 3 aromatic rings. The van der Waals surface area contributed by atoms with Crippen LogP contribution in [0, 0.1) is 11.7 Å². The van der Waals surface area contributed by atoms with Gasteiger partial charge in [0.05, 0.1) is 51.1 Å². The Kier molecular flexibility index (Phi) is 8.79. The van der Waals surface area contributed by atoms with Crippen molar-refractivity contribution in [2.24, 2.45) is 9.12 Å². The van der Waals surface area contributed by atoms with Crippen molar-refractivity contribution in [3.63, 3.8) is 0 Å². The van der Waals surface area contributed by atoms with Crippen molar-refractivity contribution >= 4 is 67.8 Å². The minimum atomic E-state index is -2.74. The average molecular weight is 690 g/mol. The van der Waals surface area contributed by atoms with Crippen LogP contribution in [0.25, 0.3) is 11.3 Å². The fourth-order valence-electron chi connectivity index (χ4n) is 3.79. The first-order valence-corrected chi connectivity index (χ1v) is 12.8. The lowest BCUT2D eigenvalue weighted by Gasteiger charge is -2.31. The Morgan fingerprint density at radius 1 is 1.11 bits per heavy atom. The van der Waals surface area contributed by atoms with E-state index in [1.807, 2.05) is 0 Å². The zero-order chi connectivity index (χ0) is 26.5. The normalized spacial score (nSPS) is 14.6. The molecule has 0 atom stereocenters. The van der Waals surface area contributed by atoms with Gasteiger partial charge in [0.15, 0.2) is 5.84 Å². The van der Waals surface area contributed by atoms with Crippen LogP contribution in [-0.4, -0.2) is 50.4 Å². The molecule has 0 radical (unpaired) electrons. The number of benzene rings is 1. The van der Waals surface area contributed by atoms with E-state index in [0.29, 0.717) is 53.2 Å². The second-order valence-electron chi connectivity index (χ2n) is 8.16. The SMILES string of the molecule is O=C(/C(=N/I)Nc1ccc(F)c(Br)c1)C1CCN(C(=O)Nc2ccc(-c3cnn(C(F)F)c3)nc2)CC1. The van der Waals surface area contributed by atoms with E-state index in [1.54, 1.807) is 39.9 Å². The number of rotatable bonds is 6. The van der Waals surface area contributed by atoms with Crippen molar-refractivity contribution in [1.82, 2.24) is 19.7 Å². The van der Waals surface area contributed by atoms with E-state index in [4.69, 9.17) is 0 Å². The van der Waals surface area contributed by atoms with E-state index in [2.05, 4.69) is 39.9 Å². The van der Waals surface area contributed by atoms with E-state index in [9.17, 15) is 22.8 Å². The van der Waals surface area contributed by atoms with Crippen molar-refractivity contribution < 1.29 is 22.8 Å². The highest BCUT2D eigenvalue weighted by atomic mass is 127. The molecule has 194 valence electrons. The zero-order valence-corrected chi connectivity index (χ0v) is 22.8. The summed E-state index contributed by atoms with van der Waals surface area (Å²) in [6.07, 6.45) is 4.84. The van der Waals surface area contributed by atoms with Crippen LogP contribution in [0.3, 0.4) is 0 Å². The third kappa shape index (κ3) is 6.66. The van der Waals surface area contributed by atoms with Crippen molar-refractivity contribution in [1.29, 1.82) is 0 Å². The Labute approximate surface area is 232 Å². The number of amidine groups is 1. The average Bonchev–Trinajstić information content (AvgIpc) is 3.40. The molecule has 1 aliphatic heterocycles. The Morgan fingerprint density at radius 3 is 2.43 bits per heavy atom. The van der Waals surface area contributed by atoms with Gasteiger partial charge in [-0.05, 0) is 59.1 Å². The number of amides is 2. The number of halogens is 5. The number of urea groups is 1. The summed E-state index contributed by atoms with van der Waals surface area (Å²) in [6.45, 7) is -1.99. The van der Waals surface area contributed by atoms with Gasteiger partial charge >= 0.3 is 12.6 Å². The molecule has 0 saturated carbocycles. The van der Waals surface area contributed by atoms with Gasteiger partial charge in [-0.2, -0.15) is 17.1 Å². The second-order valence-corrected chi connectivity index (χ2v) is 9.50. The molecule has 3 heterocycles. The van der Waals surface area contributed by atoms with E-state index in [1.165, 1.54) is 36.8 Å². The van der Waals surface area contributed by atoms with Crippen LogP contribution in [0.1, 0.15) is 19.4 Å². The van der Waals surface area contributed by atoms with E-state index in [0.717, 1.165) is 0 Å². The molecule has 37 heavy (non-hydrogen) atoms. The number of aromatic nitrogens is 3.